The zero-order chi connectivity index (χ0) is 9.03. The zero-order valence-corrected chi connectivity index (χ0v) is 7.81. The summed E-state index contributed by atoms with van der Waals surface area (Å²) < 4.78 is 22.3. The van der Waals surface area contributed by atoms with Gasteiger partial charge in [0.15, 0.2) is 9.84 Å². The van der Waals surface area contributed by atoms with Crippen molar-refractivity contribution in [2.45, 2.75) is 19.3 Å². The molecule has 4 heteroatoms. The molecule has 1 unspecified atom stereocenters. The molecule has 0 aromatic carbocycles. The van der Waals surface area contributed by atoms with Crippen molar-refractivity contribution in [3.63, 3.8) is 0 Å². The second kappa shape index (κ2) is 3.90. The van der Waals surface area contributed by atoms with Crippen LogP contribution in [0.4, 0.5) is 0 Å². The molecule has 1 aliphatic rings. The van der Waals surface area contributed by atoms with Crippen molar-refractivity contribution in [2.75, 3.05) is 18.1 Å². The predicted molar refractivity (Wildman–Crippen MR) is 47.5 cm³/mol. The highest BCUT2D eigenvalue weighted by Crippen LogP contribution is 2.20. The largest absolute Gasteiger partial charge is 0.317 e. The van der Waals surface area contributed by atoms with Gasteiger partial charge >= 0.3 is 0 Å². The SMILES string of the molecule is [C-]#[N+]CCC1CCCS(=O)(=O)C1. The Morgan fingerprint density at radius 1 is 1.50 bits per heavy atom. The molecule has 0 aliphatic carbocycles. The molecule has 0 radical (unpaired) electrons. The lowest BCUT2D eigenvalue weighted by atomic mass is 10.0. The Bertz CT molecular complexity index is 276. The van der Waals surface area contributed by atoms with E-state index in [2.05, 4.69) is 4.85 Å². The molecule has 0 saturated carbocycles. The van der Waals surface area contributed by atoms with Crippen molar-refractivity contribution >= 4 is 9.84 Å². The second-order valence-electron chi connectivity index (χ2n) is 3.29. The fourth-order valence-electron chi connectivity index (χ4n) is 1.59. The van der Waals surface area contributed by atoms with E-state index in [4.69, 9.17) is 6.57 Å². The van der Waals surface area contributed by atoms with Crippen LogP contribution in [0.5, 0.6) is 0 Å². The van der Waals surface area contributed by atoms with Crippen LogP contribution in [0, 0.1) is 12.5 Å². The molecule has 1 rings (SSSR count). The van der Waals surface area contributed by atoms with Gasteiger partial charge in [0.1, 0.15) is 0 Å². The maximum absolute atomic E-state index is 11.1. The number of nitrogens with zero attached hydrogens (tertiary/aromatic N) is 1. The van der Waals surface area contributed by atoms with Gasteiger partial charge in [-0.2, -0.15) is 0 Å². The third-order valence-corrected chi connectivity index (χ3v) is 4.10. The number of hydrogen-bond acceptors (Lipinski definition) is 2. The van der Waals surface area contributed by atoms with E-state index < -0.39 is 9.84 Å². The van der Waals surface area contributed by atoms with Crippen molar-refractivity contribution in [3.05, 3.63) is 11.4 Å². The first-order valence-corrected chi connectivity index (χ1v) is 6.00. The minimum Gasteiger partial charge on any atom is -0.317 e. The molecule has 1 heterocycles. The first-order valence-electron chi connectivity index (χ1n) is 4.18. The maximum Gasteiger partial charge on any atom is 0.215 e. The van der Waals surface area contributed by atoms with E-state index >= 15 is 0 Å². The van der Waals surface area contributed by atoms with Gasteiger partial charge in [-0.3, -0.25) is 0 Å². The topological polar surface area (TPSA) is 38.5 Å². The van der Waals surface area contributed by atoms with Crippen LogP contribution in [-0.2, 0) is 9.84 Å². The molecule has 0 amide bonds. The minimum absolute atomic E-state index is 0.248. The lowest BCUT2D eigenvalue weighted by Crippen LogP contribution is -2.25. The van der Waals surface area contributed by atoms with Crippen LogP contribution < -0.4 is 0 Å². The average molecular weight is 187 g/mol. The molecule has 0 N–H and O–H groups in total. The molecule has 12 heavy (non-hydrogen) atoms. The molecule has 1 saturated heterocycles. The van der Waals surface area contributed by atoms with Crippen molar-refractivity contribution in [1.82, 2.24) is 0 Å². The number of sulfone groups is 1. The summed E-state index contributed by atoms with van der Waals surface area (Å²) in [5.74, 6) is 0.905. The van der Waals surface area contributed by atoms with Crippen molar-refractivity contribution in [3.8, 4) is 0 Å². The number of rotatable bonds is 2. The van der Waals surface area contributed by atoms with Crippen LogP contribution in [0.3, 0.4) is 0 Å². The van der Waals surface area contributed by atoms with E-state index in [9.17, 15) is 8.42 Å². The standard InChI is InChI=1S/C8H13NO2S/c1-9-5-4-8-3-2-6-12(10,11)7-8/h8H,2-7H2. The second-order valence-corrected chi connectivity index (χ2v) is 5.52. The third kappa shape index (κ3) is 2.82. The van der Waals surface area contributed by atoms with Gasteiger partial charge in [0, 0.05) is 6.42 Å². The van der Waals surface area contributed by atoms with E-state index in [1.807, 2.05) is 0 Å². The summed E-state index contributed by atoms with van der Waals surface area (Å²) >= 11 is 0. The van der Waals surface area contributed by atoms with Crippen LogP contribution in [0.1, 0.15) is 19.3 Å². The molecule has 1 aliphatic heterocycles. The Labute approximate surface area is 73.5 Å². The first-order chi connectivity index (χ1) is 5.64. The molecule has 0 aromatic heterocycles. The zero-order valence-electron chi connectivity index (χ0n) is 6.99. The van der Waals surface area contributed by atoms with E-state index in [0.29, 0.717) is 18.1 Å². The highest BCUT2D eigenvalue weighted by molar-refractivity contribution is 7.91. The Balaban J connectivity index is 2.43. The summed E-state index contributed by atoms with van der Waals surface area (Å²) in [6, 6.07) is 0. The lowest BCUT2D eigenvalue weighted by Gasteiger charge is -2.19. The number of hydrogen-bond donors (Lipinski definition) is 0. The third-order valence-electron chi connectivity index (χ3n) is 2.21. The molecule has 0 bridgehead atoms. The predicted octanol–water partition coefficient (Wildman–Crippen LogP) is 1.12. The van der Waals surface area contributed by atoms with E-state index in [1.54, 1.807) is 0 Å². The van der Waals surface area contributed by atoms with Crippen molar-refractivity contribution in [2.24, 2.45) is 5.92 Å². The fourth-order valence-corrected chi connectivity index (χ4v) is 3.42. The van der Waals surface area contributed by atoms with Crippen LogP contribution in [0.25, 0.3) is 4.85 Å². The molecular formula is C8H13NO2S. The maximum atomic E-state index is 11.1. The van der Waals surface area contributed by atoms with Gasteiger partial charge in [-0.25, -0.2) is 15.0 Å². The molecule has 1 fully saturated rings. The molecule has 1 atom stereocenters. The Hall–Kier alpha value is -0.560. The van der Waals surface area contributed by atoms with E-state index in [0.717, 1.165) is 19.3 Å². The Morgan fingerprint density at radius 2 is 2.25 bits per heavy atom. The molecule has 0 spiro atoms. The monoisotopic (exact) mass is 187 g/mol. The summed E-state index contributed by atoms with van der Waals surface area (Å²) in [6.07, 6.45) is 2.52. The van der Waals surface area contributed by atoms with Crippen LogP contribution in [-0.4, -0.2) is 26.5 Å². The quantitative estimate of drug-likeness (QED) is 0.608. The summed E-state index contributed by atoms with van der Waals surface area (Å²) in [5.41, 5.74) is 0. The van der Waals surface area contributed by atoms with Crippen LogP contribution >= 0.6 is 0 Å². The van der Waals surface area contributed by atoms with Crippen LogP contribution in [0.2, 0.25) is 0 Å². The molecule has 3 nitrogen and oxygen atoms in total. The van der Waals surface area contributed by atoms with Gasteiger partial charge in [0.2, 0.25) is 6.54 Å². The van der Waals surface area contributed by atoms with Gasteiger partial charge in [-0.15, -0.1) is 0 Å². The summed E-state index contributed by atoms with van der Waals surface area (Å²) in [6.45, 7) is 7.07. The summed E-state index contributed by atoms with van der Waals surface area (Å²) in [4.78, 5) is 3.23. The molecule has 68 valence electrons. The normalized spacial score (nSPS) is 27.8. The van der Waals surface area contributed by atoms with Gasteiger partial charge in [0.25, 0.3) is 0 Å². The van der Waals surface area contributed by atoms with Gasteiger partial charge < -0.3 is 4.85 Å². The molecular weight excluding hydrogens is 174 g/mol. The Morgan fingerprint density at radius 3 is 2.83 bits per heavy atom. The summed E-state index contributed by atoms with van der Waals surface area (Å²) in [7, 11) is -2.77. The minimum atomic E-state index is -2.77. The van der Waals surface area contributed by atoms with Gasteiger partial charge in [0.05, 0.1) is 11.5 Å². The molecule has 0 aromatic rings. The Kier molecular flexibility index (Phi) is 3.10. The van der Waals surface area contributed by atoms with Crippen LogP contribution in [0.15, 0.2) is 0 Å². The summed E-state index contributed by atoms with van der Waals surface area (Å²) in [5, 5.41) is 0. The van der Waals surface area contributed by atoms with Crippen molar-refractivity contribution in [1.29, 1.82) is 0 Å². The fraction of sp³-hybridized carbons (Fsp3) is 0.875. The van der Waals surface area contributed by atoms with E-state index in [-0.39, 0.29) is 5.92 Å². The first kappa shape index (κ1) is 9.53. The highest BCUT2D eigenvalue weighted by Gasteiger charge is 2.24. The lowest BCUT2D eigenvalue weighted by molar-refractivity contribution is 0.471. The van der Waals surface area contributed by atoms with Gasteiger partial charge in [-0.1, -0.05) is 0 Å². The van der Waals surface area contributed by atoms with Gasteiger partial charge in [-0.05, 0) is 18.8 Å². The highest BCUT2D eigenvalue weighted by atomic mass is 32.2. The van der Waals surface area contributed by atoms with E-state index in [1.165, 1.54) is 0 Å². The van der Waals surface area contributed by atoms with Crippen molar-refractivity contribution < 1.29 is 8.42 Å². The average Bonchev–Trinajstić information content (AvgIpc) is 1.99. The smallest absolute Gasteiger partial charge is 0.215 e.